The lowest BCUT2D eigenvalue weighted by Gasteiger charge is -2.19. The lowest BCUT2D eigenvalue weighted by atomic mass is 10.3. The first kappa shape index (κ1) is 15.7. The maximum absolute atomic E-state index is 11.5. The van der Waals surface area contributed by atoms with Gasteiger partial charge in [0.15, 0.2) is 0 Å². The molecule has 108 valence electrons. The highest BCUT2D eigenvalue weighted by atomic mass is 16.5. The monoisotopic (exact) mass is 267 g/mol. The van der Waals surface area contributed by atoms with E-state index < -0.39 is 0 Å². The Hall–Kier alpha value is -1.36. The van der Waals surface area contributed by atoms with Crippen LogP contribution in [-0.2, 0) is 16.1 Å². The molecule has 0 aliphatic rings. The zero-order valence-electron chi connectivity index (χ0n) is 12.4. The van der Waals surface area contributed by atoms with Crippen molar-refractivity contribution in [3.05, 3.63) is 18.0 Å². The van der Waals surface area contributed by atoms with Gasteiger partial charge in [0.2, 0.25) is 0 Å². The molecule has 0 saturated carbocycles. The quantitative estimate of drug-likeness (QED) is 0.678. The first-order chi connectivity index (χ1) is 9.06. The molecule has 0 amide bonds. The maximum atomic E-state index is 11.5. The van der Waals surface area contributed by atoms with Crippen LogP contribution in [0.2, 0.25) is 0 Å². The predicted octanol–water partition coefficient (Wildman–Crippen LogP) is 2.24. The minimum atomic E-state index is -0.167. The molecular formula is C14H25N3O2. The van der Waals surface area contributed by atoms with Gasteiger partial charge in [-0.15, -0.1) is 0 Å². The van der Waals surface area contributed by atoms with Crippen molar-refractivity contribution in [3.63, 3.8) is 0 Å². The molecule has 1 aromatic heterocycles. The van der Waals surface area contributed by atoms with Crippen LogP contribution in [0, 0.1) is 0 Å². The SMILES string of the molecule is CCCN(CC(=O)OCC)Cc1ccn(C(C)C)n1. The van der Waals surface area contributed by atoms with E-state index in [-0.39, 0.29) is 5.97 Å². The summed E-state index contributed by atoms with van der Waals surface area (Å²) < 4.78 is 6.93. The number of hydrogen-bond donors (Lipinski definition) is 0. The third-order valence-electron chi connectivity index (χ3n) is 2.78. The summed E-state index contributed by atoms with van der Waals surface area (Å²) in [5, 5.41) is 4.51. The molecule has 5 nitrogen and oxygen atoms in total. The number of rotatable bonds is 8. The summed E-state index contributed by atoms with van der Waals surface area (Å²) in [6, 6.07) is 2.37. The van der Waals surface area contributed by atoms with E-state index in [0.29, 0.717) is 25.7 Å². The van der Waals surface area contributed by atoms with Gasteiger partial charge in [0.25, 0.3) is 0 Å². The number of carbonyl (C=O) groups excluding carboxylic acids is 1. The fraction of sp³-hybridized carbons (Fsp3) is 0.714. The van der Waals surface area contributed by atoms with Crippen LogP contribution in [0.4, 0.5) is 0 Å². The third-order valence-corrected chi connectivity index (χ3v) is 2.78. The van der Waals surface area contributed by atoms with Crippen LogP contribution in [0.1, 0.15) is 45.9 Å². The minimum Gasteiger partial charge on any atom is -0.465 e. The molecule has 0 N–H and O–H groups in total. The lowest BCUT2D eigenvalue weighted by Crippen LogP contribution is -2.31. The molecule has 1 heterocycles. The van der Waals surface area contributed by atoms with Gasteiger partial charge in [0.05, 0.1) is 18.8 Å². The Morgan fingerprint density at radius 1 is 1.47 bits per heavy atom. The summed E-state index contributed by atoms with van der Waals surface area (Å²) in [6.45, 7) is 10.4. The van der Waals surface area contributed by atoms with Gasteiger partial charge < -0.3 is 4.74 Å². The molecule has 5 heteroatoms. The van der Waals surface area contributed by atoms with Crippen molar-refractivity contribution >= 4 is 5.97 Å². The summed E-state index contributed by atoms with van der Waals surface area (Å²) in [4.78, 5) is 13.6. The van der Waals surface area contributed by atoms with Crippen LogP contribution >= 0.6 is 0 Å². The van der Waals surface area contributed by atoms with Crippen LogP contribution in [-0.4, -0.2) is 40.3 Å². The topological polar surface area (TPSA) is 47.4 Å². The van der Waals surface area contributed by atoms with Crippen molar-refractivity contribution in [1.29, 1.82) is 0 Å². The van der Waals surface area contributed by atoms with E-state index in [0.717, 1.165) is 18.7 Å². The Balaban J connectivity index is 2.58. The standard InChI is InChI=1S/C14H25N3O2/c1-5-8-16(11-14(18)19-6-2)10-13-7-9-17(15-13)12(3)4/h7,9,12H,5-6,8,10-11H2,1-4H3. The first-order valence-corrected chi connectivity index (χ1v) is 6.98. The fourth-order valence-corrected chi connectivity index (χ4v) is 1.90. The second-order valence-electron chi connectivity index (χ2n) is 4.90. The zero-order valence-corrected chi connectivity index (χ0v) is 12.4. The summed E-state index contributed by atoms with van der Waals surface area (Å²) in [6.07, 6.45) is 2.98. The Bertz CT molecular complexity index is 388. The maximum Gasteiger partial charge on any atom is 0.320 e. The van der Waals surface area contributed by atoms with Crippen LogP contribution in [0.25, 0.3) is 0 Å². The molecule has 0 atom stereocenters. The van der Waals surface area contributed by atoms with E-state index in [1.54, 1.807) is 0 Å². The second kappa shape index (κ2) is 7.94. The van der Waals surface area contributed by atoms with E-state index in [2.05, 4.69) is 30.8 Å². The van der Waals surface area contributed by atoms with Gasteiger partial charge in [-0.25, -0.2) is 0 Å². The van der Waals surface area contributed by atoms with Gasteiger partial charge in [0.1, 0.15) is 0 Å². The minimum absolute atomic E-state index is 0.167. The number of nitrogens with zero attached hydrogens (tertiary/aromatic N) is 3. The van der Waals surface area contributed by atoms with E-state index >= 15 is 0 Å². The van der Waals surface area contributed by atoms with Crippen LogP contribution < -0.4 is 0 Å². The Morgan fingerprint density at radius 3 is 2.74 bits per heavy atom. The molecule has 0 fully saturated rings. The lowest BCUT2D eigenvalue weighted by molar-refractivity contribution is -0.144. The van der Waals surface area contributed by atoms with Gasteiger partial charge in [-0.2, -0.15) is 5.10 Å². The van der Waals surface area contributed by atoms with Crippen molar-refractivity contribution in [2.75, 3.05) is 19.7 Å². The Kier molecular flexibility index (Phi) is 6.56. The predicted molar refractivity (Wildman–Crippen MR) is 74.8 cm³/mol. The zero-order chi connectivity index (χ0) is 14.3. The van der Waals surface area contributed by atoms with Crippen LogP contribution in [0.5, 0.6) is 0 Å². The Labute approximate surface area is 115 Å². The number of ether oxygens (including phenoxy) is 1. The van der Waals surface area contributed by atoms with E-state index in [1.165, 1.54) is 0 Å². The molecule has 0 unspecified atom stereocenters. The van der Waals surface area contributed by atoms with E-state index in [1.807, 2.05) is 23.9 Å². The molecule has 0 aliphatic carbocycles. The van der Waals surface area contributed by atoms with Gasteiger partial charge in [-0.1, -0.05) is 6.92 Å². The summed E-state index contributed by atoms with van der Waals surface area (Å²) >= 11 is 0. The number of carbonyl (C=O) groups is 1. The Morgan fingerprint density at radius 2 is 2.21 bits per heavy atom. The highest BCUT2D eigenvalue weighted by molar-refractivity contribution is 5.71. The highest BCUT2D eigenvalue weighted by Gasteiger charge is 2.13. The molecule has 0 aliphatic heterocycles. The van der Waals surface area contributed by atoms with Crippen molar-refractivity contribution in [3.8, 4) is 0 Å². The molecule has 1 rings (SSSR count). The average Bonchev–Trinajstić information content (AvgIpc) is 2.78. The average molecular weight is 267 g/mol. The van der Waals surface area contributed by atoms with Gasteiger partial charge in [-0.05, 0) is 39.8 Å². The van der Waals surface area contributed by atoms with E-state index in [4.69, 9.17) is 4.74 Å². The van der Waals surface area contributed by atoms with Crippen molar-refractivity contribution < 1.29 is 9.53 Å². The van der Waals surface area contributed by atoms with Crippen LogP contribution in [0.15, 0.2) is 12.3 Å². The van der Waals surface area contributed by atoms with Crippen molar-refractivity contribution in [2.24, 2.45) is 0 Å². The number of aromatic nitrogens is 2. The third kappa shape index (κ3) is 5.42. The van der Waals surface area contributed by atoms with Crippen molar-refractivity contribution in [1.82, 2.24) is 14.7 Å². The summed E-state index contributed by atoms with van der Waals surface area (Å²) in [5.74, 6) is -0.167. The molecule has 0 radical (unpaired) electrons. The largest absolute Gasteiger partial charge is 0.465 e. The molecule has 0 saturated heterocycles. The van der Waals surface area contributed by atoms with Gasteiger partial charge in [-0.3, -0.25) is 14.4 Å². The smallest absolute Gasteiger partial charge is 0.320 e. The molecular weight excluding hydrogens is 242 g/mol. The normalized spacial score (nSPS) is 11.3. The summed E-state index contributed by atoms with van der Waals surface area (Å²) in [7, 11) is 0. The fourth-order valence-electron chi connectivity index (χ4n) is 1.90. The van der Waals surface area contributed by atoms with Crippen molar-refractivity contribution in [2.45, 2.75) is 46.7 Å². The second-order valence-corrected chi connectivity index (χ2v) is 4.90. The van der Waals surface area contributed by atoms with Crippen LogP contribution in [0.3, 0.4) is 0 Å². The number of esters is 1. The molecule has 1 aromatic rings. The molecule has 0 aromatic carbocycles. The van der Waals surface area contributed by atoms with Gasteiger partial charge in [0, 0.05) is 18.8 Å². The number of hydrogen-bond acceptors (Lipinski definition) is 4. The first-order valence-electron chi connectivity index (χ1n) is 6.98. The molecule has 0 bridgehead atoms. The van der Waals surface area contributed by atoms with E-state index in [9.17, 15) is 4.79 Å². The van der Waals surface area contributed by atoms with Gasteiger partial charge >= 0.3 is 5.97 Å². The summed E-state index contributed by atoms with van der Waals surface area (Å²) in [5.41, 5.74) is 0.992. The molecule has 0 spiro atoms. The highest BCUT2D eigenvalue weighted by Crippen LogP contribution is 2.07. The molecule has 19 heavy (non-hydrogen) atoms.